The second kappa shape index (κ2) is 9.86. The Kier molecular flexibility index (Phi) is 7.53. The average molecular weight is 370 g/mol. The molecule has 0 aromatic heterocycles. The van der Waals surface area contributed by atoms with Gasteiger partial charge in [-0.15, -0.1) is 0 Å². The van der Waals surface area contributed by atoms with Crippen molar-refractivity contribution in [3.63, 3.8) is 0 Å². The van der Waals surface area contributed by atoms with Crippen LogP contribution in [0.3, 0.4) is 0 Å². The Morgan fingerprint density at radius 2 is 1.59 bits per heavy atom. The summed E-state index contributed by atoms with van der Waals surface area (Å²) in [5, 5.41) is 5.68. The van der Waals surface area contributed by atoms with Gasteiger partial charge in [0.05, 0.1) is 6.54 Å². The number of hydrogen-bond acceptors (Lipinski definition) is 3. The number of nitrogens with one attached hydrogen (secondary N) is 2. The highest BCUT2D eigenvalue weighted by Crippen LogP contribution is 2.25. The Hall–Kier alpha value is -2.69. The van der Waals surface area contributed by atoms with E-state index in [2.05, 4.69) is 55.4 Å². The smallest absolute Gasteiger partial charge is 0.319 e. The quantitative estimate of drug-likeness (QED) is 0.666. The molecule has 0 aliphatic rings. The van der Waals surface area contributed by atoms with E-state index in [1.807, 2.05) is 31.2 Å². The molecule has 0 saturated carbocycles. The standard InChI is InChI=1S/C22H31N3O2/c1-6-25(7-2)20-12-10-19(11-13-20)24-22(26)23-14-15-27-21-17(4)9-8-16(3)18(21)5/h8-13H,6-7,14-15H2,1-5H3,(H2,23,24,26). The van der Waals surface area contributed by atoms with Gasteiger partial charge in [0.2, 0.25) is 0 Å². The average Bonchev–Trinajstić information content (AvgIpc) is 2.66. The molecule has 0 spiro atoms. The fourth-order valence-corrected chi connectivity index (χ4v) is 2.98. The predicted molar refractivity (Wildman–Crippen MR) is 113 cm³/mol. The second-order valence-corrected chi connectivity index (χ2v) is 6.60. The molecule has 2 aromatic rings. The number of hydrogen-bond donors (Lipinski definition) is 2. The van der Waals surface area contributed by atoms with Gasteiger partial charge in [0.15, 0.2) is 0 Å². The molecule has 0 saturated heterocycles. The molecule has 0 aliphatic carbocycles. The number of rotatable bonds is 8. The van der Waals surface area contributed by atoms with Crippen LogP contribution in [0.4, 0.5) is 16.2 Å². The number of aryl methyl sites for hydroxylation is 2. The molecule has 0 bridgehead atoms. The number of benzene rings is 2. The summed E-state index contributed by atoms with van der Waals surface area (Å²) >= 11 is 0. The van der Waals surface area contributed by atoms with Crippen molar-refractivity contribution in [2.45, 2.75) is 34.6 Å². The lowest BCUT2D eigenvalue weighted by molar-refractivity contribution is 0.247. The first-order chi connectivity index (χ1) is 13.0. The number of ether oxygens (including phenoxy) is 1. The van der Waals surface area contributed by atoms with E-state index in [1.54, 1.807) is 0 Å². The van der Waals surface area contributed by atoms with Gasteiger partial charge in [0.1, 0.15) is 12.4 Å². The summed E-state index contributed by atoms with van der Waals surface area (Å²) in [5.41, 5.74) is 5.39. The van der Waals surface area contributed by atoms with E-state index in [0.717, 1.165) is 41.3 Å². The number of urea groups is 1. The molecule has 5 nitrogen and oxygen atoms in total. The second-order valence-electron chi connectivity index (χ2n) is 6.60. The topological polar surface area (TPSA) is 53.6 Å². The molecule has 0 radical (unpaired) electrons. The van der Waals surface area contributed by atoms with Crippen LogP contribution in [-0.4, -0.2) is 32.3 Å². The highest BCUT2D eigenvalue weighted by molar-refractivity contribution is 5.89. The van der Waals surface area contributed by atoms with Gasteiger partial charge in [0, 0.05) is 24.5 Å². The first kappa shape index (κ1) is 20.6. The van der Waals surface area contributed by atoms with Crippen LogP contribution in [0, 0.1) is 20.8 Å². The van der Waals surface area contributed by atoms with Gasteiger partial charge in [-0.05, 0) is 75.6 Å². The molecule has 0 heterocycles. The van der Waals surface area contributed by atoms with Crippen LogP contribution in [0.5, 0.6) is 5.75 Å². The number of nitrogens with zero attached hydrogens (tertiary/aromatic N) is 1. The zero-order valence-corrected chi connectivity index (χ0v) is 17.1. The van der Waals surface area contributed by atoms with Crippen LogP contribution in [0.25, 0.3) is 0 Å². The van der Waals surface area contributed by atoms with Crippen molar-refractivity contribution >= 4 is 17.4 Å². The van der Waals surface area contributed by atoms with E-state index in [1.165, 1.54) is 5.56 Å². The van der Waals surface area contributed by atoms with E-state index in [-0.39, 0.29) is 6.03 Å². The minimum Gasteiger partial charge on any atom is -0.491 e. The first-order valence-electron chi connectivity index (χ1n) is 9.55. The van der Waals surface area contributed by atoms with Crippen LogP contribution < -0.4 is 20.3 Å². The minimum absolute atomic E-state index is 0.230. The maximum atomic E-state index is 12.1. The summed E-state index contributed by atoms with van der Waals surface area (Å²) in [6.45, 7) is 13.2. The molecular weight excluding hydrogens is 338 g/mol. The summed E-state index contributed by atoms with van der Waals surface area (Å²) in [6, 6.07) is 11.8. The van der Waals surface area contributed by atoms with Crippen molar-refractivity contribution in [3.05, 3.63) is 53.1 Å². The molecule has 27 heavy (non-hydrogen) atoms. The van der Waals surface area contributed by atoms with E-state index in [9.17, 15) is 4.79 Å². The lowest BCUT2D eigenvalue weighted by Crippen LogP contribution is -2.32. The van der Waals surface area contributed by atoms with Crippen molar-refractivity contribution in [2.24, 2.45) is 0 Å². The molecule has 2 aromatic carbocycles. The Morgan fingerprint density at radius 3 is 2.22 bits per heavy atom. The SMILES string of the molecule is CCN(CC)c1ccc(NC(=O)NCCOc2c(C)ccc(C)c2C)cc1. The summed E-state index contributed by atoms with van der Waals surface area (Å²) in [6.07, 6.45) is 0. The van der Waals surface area contributed by atoms with Gasteiger partial charge < -0.3 is 20.3 Å². The molecule has 2 amide bonds. The highest BCUT2D eigenvalue weighted by atomic mass is 16.5. The Morgan fingerprint density at radius 1 is 0.963 bits per heavy atom. The maximum Gasteiger partial charge on any atom is 0.319 e. The summed E-state index contributed by atoms with van der Waals surface area (Å²) in [7, 11) is 0. The van der Waals surface area contributed by atoms with E-state index in [0.29, 0.717) is 13.2 Å². The van der Waals surface area contributed by atoms with Crippen molar-refractivity contribution in [1.82, 2.24) is 5.32 Å². The van der Waals surface area contributed by atoms with Crippen LogP contribution in [-0.2, 0) is 0 Å². The highest BCUT2D eigenvalue weighted by Gasteiger charge is 2.07. The van der Waals surface area contributed by atoms with Gasteiger partial charge in [-0.3, -0.25) is 0 Å². The predicted octanol–water partition coefficient (Wildman–Crippen LogP) is 4.66. The third-order valence-electron chi connectivity index (χ3n) is 4.76. The van der Waals surface area contributed by atoms with Gasteiger partial charge in [-0.25, -0.2) is 4.79 Å². The fraction of sp³-hybridized carbons (Fsp3) is 0.409. The van der Waals surface area contributed by atoms with E-state index >= 15 is 0 Å². The Balaban J connectivity index is 1.79. The normalized spacial score (nSPS) is 10.4. The zero-order valence-electron chi connectivity index (χ0n) is 17.1. The van der Waals surface area contributed by atoms with Crippen molar-refractivity contribution in [3.8, 4) is 5.75 Å². The van der Waals surface area contributed by atoms with Crippen molar-refractivity contribution in [1.29, 1.82) is 0 Å². The maximum absolute atomic E-state index is 12.1. The van der Waals surface area contributed by atoms with Gasteiger partial charge in [0.25, 0.3) is 0 Å². The molecular formula is C22H31N3O2. The van der Waals surface area contributed by atoms with Gasteiger partial charge in [-0.2, -0.15) is 0 Å². The molecule has 0 unspecified atom stereocenters. The Labute approximate surface area is 162 Å². The lowest BCUT2D eigenvalue weighted by Gasteiger charge is -2.21. The van der Waals surface area contributed by atoms with Gasteiger partial charge in [-0.1, -0.05) is 12.1 Å². The van der Waals surface area contributed by atoms with Crippen LogP contribution in [0.2, 0.25) is 0 Å². The number of carbonyl (C=O) groups excluding carboxylic acids is 1. The first-order valence-corrected chi connectivity index (χ1v) is 9.55. The molecule has 146 valence electrons. The van der Waals surface area contributed by atoms with Crippen LogP contribution in [0.15, 0.2) is 36.4 Å². The molecule has 0 aliphatic heterocycles. The lowest BCUT2D eigenvalue weighted by atomic mass is 10.1. The summed E-state index contributed by atoms with van der Waals surface area (Å²) < 4.78 is 5.87. The van der Waals surface area contributed by atoms with E-state index < -0.39 is 0 Å². The monoisotopic (exact) mass is 369 g/mol. The van der Waals surface area contributed by atoms with E-state index in [4.69, 9.17) is 4.74 Å². The summed E-state index contributed by atoms with van der Waals surface area (Å²) in [4.78, 5) is 14.3. The molecule has 5 heteroatoms. The molecule has 2 rings (SSSR count). The van der Waals surface area contributed by atoms with Crippen molar-refractivity contribution in [2.75, 3.05) is 36.5 Å². The van der Waals surface area contributed by atoms with Crippen LogP contribution in [0.1, 0.15) is 30.5 Å². The molecule has 0 fully saturated rings. The minimum atomic E-state index is -0.230. The third-order valence-corrected chi connectivity index (χ3v) is 4.76. The van der Waals surface area contributed by atoms with Crippen molar-refractivity contribution < 1.29 is 9.53 Å². The fourth-order valence-electron chi connectivity index (χ4n) is 2.98. The zero-order chi connectivity index (χ0) is 19.8. The molecule has 0 atom stereocenters. The number of anilines is 2. The third kappa shape index (κ3) is 5.64. The van der Waals surface area contributed by atoms with Gasteiger partial charge >= 0.3 is 6.03 Å². The number of carbonyl (C=O) groups is 1. The van der Waals surface area contributed by atoms with Crippen LogP contribution >= 0.6 is 0 Å². The largest absolute Gasteiger partial charge is 0.491 e. The molecule has 2 N–H and O–H groups in total. The summed E-state index contributed by atoms with van der Waals surface area (Å²) in [5.74, 6) is 0.907. The Bertz CT molecular complexity index is 753. The number of amides is 2.